The molecule has 106 valence electrons. The first-order valence-electron chi connectivity index (χ1n) is 6.96. The van der Waals surface area contributed by atoms with Crippen LogP contribution in [0.5, 0.6) is 0 Å². The van der Waals surface area contributed by atoms with Gasteiger partial charge >= 0.3 is 0 Å². The number of benzene rings is 1. The molecule has 4 nitrogen and oxygen atoms in total. The summed E-state index contributed by atoms with van der Waals surface area (Å²) in [7, 11) is 0. The van der Waals surface area contributed by atoms with Crippen LogP contribution in [0.2, 0.25) is 0 Å². The summed E-state index contributed by atoms with van der Waals surface area (Å²) in [6.45, 7) is 2.22. The number of hydrogen-bond acceptors (Lipinski definition) is 4. The zero-order valence-corrected chi connectivity index (χ0v) is 11.5. The van der Waals surface area contributed by atoms with Crippen molar-refractivity contribution in [2.75, 3.05) is 0 Å². The summed E-state index contributed by atoms with van der Waals surface area (Å²) in [4.78, 5) is 4.32. The van der Waals surface area contributed by atoms with Gasteiger partial charge < -0.3 is 10.3 Å². The molecule has 1 aliphatic rings. The third-order valence-electron chi connectivity index (χ3n) is 4.13. The van der Waals surface area contributed by atoms with E-state index in [0.29, 0.717) is 17.4 Å². The highest BCUT2D eigenvalue weighted by molar-refractivity contribution is 5.54. The van der Waals surface area contributed by atoms with Gasteiger partial charge in [0.2, 0.25) is 11.7 Å². The predicted molar refractivity (Wildman–Crippen MR) is 73.2 cm³/mol. The molecule has 0 aliphatic heterocycles. The summed E-state index contributed by atoms with van der Waals surface area (Å²) < 4.78 is 19.0. The average Bonchev–Trinajstić information content (AvgIpc) is 2.93. The Balaban J connectivity index is 1.89. The summed E-state index contributed by atoms with van der Waals surface area (Å²) >= 11 is 0. The molecule has 0 unspecified atom stereocenters. The molecule has 0 radical (unpaired) electrons. The maximum absolute atomic E-state index is 13.7. The van der Waals surface area contributed by atoms with Crippen LogP contribution in [-0.2, 0) is 5.54 Å². The summed E-state index contributed by atoms with van der Waals surface area (Å²) in [6.07, 6.45) is 3.75. The molecule has 0 spiro atoms. The van der Waals surface area contributed by atoms with Crippen molar-refractivity contribution in [3.05, 3.63) is 36.0 Å². The minimum atomic E-state index is -0.566. The summed E-state index contributed by atoms with van der Waals surface area (Å²) in [5.74, 6) is 1.01. The third kappa shape index (κ3) is 2.33. The second-order valence-electron chi connectivity index (χ2n) is 5.74. The number of aromatic nitrogens is 2. The van der Waals surface area contributed by atoms with Crippen LogP contribution in [0.1, 0.15) is 38.5 Å². The first-order chi connectivity index (χ1) is 9.58. The van der Waals surface area contributed by atoms with Crippen LogP contribution in [0, 0.1) is 11.7 Å². The smallest absolute Gasteiger partial charge is 0.247 e. The van der Waals surface area contributed by atoms with Gasteiger partial charge in [0, 0.05) is 0 Å². The molecule has 5 heteroatoms. The fraction of sp³-hybridized carbons (Fsp3) is 0.467. The molecule has 3 rings (SSSR count). The molecule has 2 aromatic rings. The van der Waals surface area contributed by atoms with Gasteiger partial charge in [-0.1, -0.05) is 24.2 Å². The Morgan fingerprint density at radius 1 is 1.30 bits per heavy atom. The molecule has 0 saturated heterocycles. The minimum absolute atomic E-state index is 0.265. The van der Waals surface area contributed by atoms with Crippen molar-refractivity contribution < 1.29 is 8.91 Å². The first kappa shape index (κ1) is 13.2. The molecular weight excluding hydrogens is 257 g/mol. The standard InChI is InChI=1S/C15H18FN3O/c1-10-6-8-15(17,9-7-10)14-18-13(19-20-14)11-4-2-3-5-12(11)16/h2-5,10H,6-9,17H2,1H3. The van der Waals surface area contributed by atoms with Gasteiger partial charge in [-0.05, 0) is 43.7 Å². The van der Waals surface area contributed by atoms with Crippen molar-refractivity contribution in [2.24, 2.45) is 11.7 Å². The molecule has 2 N–H and O–H groups in total. The van der Waals surface area contributed by atoms with Gasteiger partial charge in [-0.3, -0.25) is 0 Å². The number of rotatable bonds is 2. The maximum Gasteiger partial charge on any atom is 0.247 e. The molecule has 1 heterocycles. The lowest BCUT2D eigenvalue weighted by Crippen LogP contribution is -2.40. The average molecular weight is 275 g/mol. The van der Waals surface area contributed by atoms with Gasteiger partial charge in [-0.2, -0.15) is 4.98 Å². The highest BCUT2D eigenvalue weighted by Gasteiger charge is 2.37. The molecule has 1 saturated carbocycles. The third-order valence-corrected chi connectivity index (χ3v) is 4.13. The maximum atomic E-state index is 13.7. The van der Waals surface area contributed by atoms with Crippen LogP contribution in [0.25, 0.3) is 11.4 Å². The van der Waals surface area contributed by atoms with Crippen LogP contribution < -0.4 is 5.73 Å². The van der Waals surface area contributed by atoms with E-state index in [9.17, 15) is 4.39 Å². The molecule has 1 aromatic heterocycles. The van der Waals surface area contributed by atoms with E-state index in [4.69, 9.17) is 10.3 Å². The van der Waals surface area contributed by atoms with E-state index in [-0.39, 0.29) is 11.6 Å². The number of nitrogens with two attached hydrogens (primary N) is 1. The lowest BCUT2D eigenvalue weighted by molar-refractivity contribution is 0.190. The topological polar surface area (TPSA) is 64.9 Å². The van der Waals surface area contributed by atoms with E-state index in [1.54, 1.807) is 18.2 Å². The first-order valence-corrected chi connectivity index (χ1v) is 6.96. The molecule has 0 amide bonds. The lowest BCUT2D eigenvalue weighted by Gasteiger charge is -2.32. The Bertz CT molecular complexity index is 603. The Labute approximate surface area is 117 Å². The molecule has 1 fully saturated rings. The van der Waals surface area contributed by atoms with Crippen LogP contribution in [0.4, 0.5) is 4.39 Å². The second-order valence-corrected chi connectivity index (χ2v) is 5.74. The quantitative estimate of drug-likeness (QED) is 0.913. The van der Waals surface area contributed by atoms with Crippen molar-refractivity contribution in [3.8, 4) is 11.4 Å². The van der Waals surface area contributed by atoms with Crippen LogP contribution in [-0.4, -0.2) is 10.1 Å². The van der Waals surface area contributed by atoms with Gasteiger partial charge in [0.1, 0.15) is 5.82 Å². The van der Waals surface area contributed by atoms with Crippen molar-refractivity contribution >= 4 is 0 Å². The fourth-order valence-corrected chi connectivity index (χ4v) is 2.67. The van der Waals surface area contributed by atoms with Crippen LogP contribution in [0.15, 0.2) is 28.8 Å². The lowest BCUT2D eigenvalue weighted by atomic mass is 9.78. The van der Waals surface area contributed by atoms with E-state index < -0.39 is 5.54 Å². The molecular formula is C15H18FN3O. The number of halogens is 1. The zero-order chi connectivity index (χ0) is 14.2. The van der Waals surface area contributed by atoms with E-state index >= 15 is 0 Å². The van der Waals surface area contributed by atoms with E-state index in [1.807, 2.05) is 0 Å². The highest BCUT2D eigenvalue weighted by Crippen LogP contribution is 2.37. The normalized spacial score (nSPS) is 26.6. The summed E-state index contributed by atoms with van der Waals surface area (Å²) in [5.41, 5.74) is 6.16. The summed E-state index contributed by atoms with van der Waals surface area (Å²) in [5, 5.41) is 3.88. The van der Waals surface area contributed by atoms with Crippen molar-refractivity contribution in [2.45, 2.75) is 38.1 Å². The van der Waals surface area contributed by atoms with Crippen molar-refractivity contribution in [1.29, 1.82) is 0 Å². The Kier molecular flexibility index (Phi) is 3.30. The fourth-order valence-electron chi connectivity index (χ4n) is 2.67. The Morgan fingerprint density at radius 2 is 2.00 bits per heavy atom. The second kappa shape index (κ2) is 4.98. The van der Waals surface area contributed by atoms with Crippen LogP contribution >= 0.6 is 0 Å². The number of hydrogen-bond donors (Lipinski definition) is 1. The monoisotopic (exact) mass is 275 g/mol. The van der Waals surface area contributed by atoms with E-state index in [2.05, 4.69) is 17.1 Å². The Hall–Kier alpha value is -1.75. The minimum Gasteiger partial charge on any atom is -0.337 e. The van der Waals surface area contributed by atoms with E-state index in [1.165, 1.54) is 6.07 Å². The van der Waals surface area contributed by atoms with Gasteiger partial charge in [-0.25, -0.2) is 4.39 Å². The summed E-state index contributed by atoms with van der Waals surface area (Å²) in [6, 6.07) is 6.39. The van der Waals surface area contributed by atoms with Crippen molar-refractivity contribution in [3.63, 3.8) is 0 Å². The molecule has 1 aliphatic carbocycles. The van der Waals surface area contributed by atoms with Gasteiger partial charge in [0.15, 0.2) is 0 Å². The molecule has 0 bridgehead atoms. The zero-order valence-electron chi connectivity index (χ0n) is 11.5. The molecule has 1 aromatic carbocycles. The Morgan fingerprint density at radius 3 is 2.70 bits per heavy atom. The van der Waals surface area contributed by atoms with Crippen LogP contribution in [0.3, 0.4) is 0 Å². The molecule has 0 atom stereocenters. The van der Waals surface area contributed by atoms with Crippen molar-refractivity contribution in [1.82, 2.24) is 10.1 Å². The van der Waals surface area contributed by atoms with Gasteiger partial charge in [-0.15, -0.1) is 0 Å². The number of nitrogens with zero attached hydrogens (tertiary/aromatic N) is 2. The SMILES string of the molecule is CC1CCC(N)(c2nc(-c3ccccc3F)no2)CC1. The van der Waals surface area contributed by atoms with Gasteiger partial charge in [0.05, 0.1) is 11.1 Å². The van der Waals surface area contributed by atoms with Gasteiger partial charge in [0.25, 0.3) is 0 Å². The largest absolute Gasteiger partial charge is 0.337 e. The predicted octanol–water partition coefficient (Wildman–Crippen LogP) is 3.24. The molecule has 20 heavy (non-hydrogen) atoms. The highest BCUT2D eigenvalue weighted by atomic mass is 19.1. The van der Waals surface area contributed by atoms with E-state index in [0.717, 1.165) is 25.7 Å².